The largest absolute Gasteiger partial charge is 0.460 e. The van der Waals surface area contributed by atoms with E-state index in [0.717, 1.165) is 6.07 Å². The Bertz CT molecular complexity index is 1170. The number of hydrogen-bond acceptors (Lipinski definition) is 6. The van der Waals surface area contributed by atoms with Gasteiger partial charge in [0.25, 0.3) is 11.6 Å². The zero-order chi connectivity index (χ0) is 23.8. The minimum Gasteiger partial charge on any atom is -0.460 e. The lowest BCUT2D eigenvalue weighted by atomic mass is 10.0. The molecule has 0 fully saturated rings. The number of rotatable bonds is 9. The molecule has 0 aliphatic heterocycles. The van der Waals surface area contributed by atoms with Crippen molar-refractivity contribution in [3.63, 3.8) is 0 Å². The molecule has 3 aromatic rings. The number of esters is 1. The predicted molar refractivity (Wildman–Crippen MR) is 119 cm³/mol. The van der Waals surface area contributed by atoms with Crippen LogP contribution in [0.15, 0.2) is 78.9 Å². The van der Waals surface area contributed by atoms with Crippen molar-refractivity contribution in [1.82, 2.24) is 5.32 Å². The van der Waals surface area contributed by atoms with Gasteiger partial charge in [0, 0.05) is 17.2 Å². The van der Waals surface area contributed by atoms with Crippen LogP contribution in [0, 0.1) is 10.1 Å². The number of carbonyl (C=O) groups is 3. The maximum atomic E-state index is 12.6. The monoisotopic (exact) mass is 447 g/mol. The first kappa shape index (κ1) is 23.1. The van der Waals surface area contributed by atoms with E-state index in [2.05, 4.69) is 5.32 Å². The third-order valence-corrected chi connectivity index (χ3v) is 4.87. The van der Waals surface area contributed by atoms with Crippen molar-refractivity contribution in [2.24, 2.45) is 5.73 Å². The number of nitrogens with zero attached hydrogens (tertiary/aromatic N) is 1. The predicted octanol–water partition coefficient (Wildman–Crippen LogP) is 3.30. The van der Waals surface area contributed by atoms with Crippen molar-refractivity contribution in [1.29, 1.82) is 0 Å². The van der Waals surface area contributed by atoms with Gasteiger partial charge in [-0.1, -0.05) is 48.5 Å². The number of carbonyl (C=O) groups excluding carboxylic acids is 3. The third-order valence-electron chi connectivity index (χ3n) is 4.87. The summed E-state index contributed by atoms with van der Waals surface area (Å²) in [4.78, 5) is 47.1. The Kier molecular flexibility index (Phi) is 7.48. The van der Waals surface area contributed by atoms with E-state index in [1.807, 2.05) is 6.07 Å². The highest BCUT2D eigenvalue weighted by molar-refractivity contribution is 5.95. The topological polar surface area (TPSA) is 142 Å². The lowest BCUT2D eigenvalue weighted by molar-refractivity contribution is -0.385. The Hall–Kier alpha value is -4.53. The van der Waals surface area contributed by atoms with E-state index < -0.39 is 22.8 Å². The van der Waals surface area contributed by atoms with Gasteiger partial charge in [-0.15, -0.1) is 0 Å². The number of hydrogen-bond donors (Lipinski definition) is 2. The summed E-state index contributed by atoms with van der Waals surface area (Å²) in [5.74, 6) is -1.82. The van der Waals surface area contributed by atoms with Gasteiger partial charge in [-0.2, -0.15) is 0 Å². The van der Waals surface area contributed by atoms with Gasteiger partial charge in [0.2, 0.25) is 5.91 Å². The van der Waals surface area contributed by atoms with Crippen molar-refractivity contribution < 1.29 is 24.0 Å². The van der Waals surface area contributed by atoms with Crippen molar-refractivity contribution in [2.75, 3.05) is 0 Å². The van der Waals surface area contributed by atoms with E-state index in [1.165, 1.54) is 12.1 Å². The van der Waals surface area contributed by atoms with Gasteiger partial charge < -0.3 is 15.8 Å². The molecule has 0 bridgehead atoms. The van der Waals surface area contributed by atoms with E-state index >= 15 is 0 Å². The smallest absolute Gasteiger partial charge is 0.308 e. The molecule has 168 valence electrons. The maximum Gasteiger partial charge on any atom is 0.308 e. The number of nitrogens with one attached hydrogen (secondary N) is 1. The van der Waals surface area contributed by atoms with Crippen LogP contribution in [0.3, 0.4) is 0 Å². The highest BCUT2D eigenvalue weighted by Gasteiger charge is 2.22. The molecule has 1 unspecified atom stereocenters. The summed E-state index contributed by atoms with van der Waals surface area (Å²) < 4.78 is 5.25. The molecule has 1 atom stereocenters. The van der Waals surface area contributed by atoms with Crippen LogP contribution >= 0.6 is 0 Å². The van der Waals surface area contributed by atoms with Gasteiger partial charge >= 0.3 is 5.97 Å². The molecule has 3 aromatic carbocycles. The van der Waals surface area contributed by atoms with E-state index in [1.54, 1.807) is 54.6 Å². The summed E-state index contributed by atoms with van der Waals surface area (Å²) in [5.41, 5.74) is 6.02. The lowest BCUT2D eigenvalue weighted by Gasteiger charge is -2.19. The zero-order valence-electron chi connectivity index (χ0n) is 17.5. The van der Waals surface area contributed by atoms with Crippen LogP contribution in [0.1, 0.15) is 44.3 Å². The van der Waals surface area contributed by atoms with Crippen LogP contribution in [-0.2, 0) is 16.1 Å². The molecule has 0 heterocycles. The van der Waals surface area contributed by atoms with Crippen LogP contribution < -0.4 is 11.1 Å². The summed E-state index contributed by atoms with van der Waals surface area (Å²) >= 11 is 0. The van der Waals surface area contributed by atoms with Crippen LogP contribution in [0.4, 0.5) is 5.69 Å². The molecular formula is C24H21N3O6. The molecule has 3 N–H and O–H groups in total. The molecular weight excluding hydrogens is 426 g/mol. The fourth-order valence-electron chi connectivity index (χ4n) is 3.16. The molecule has 0 saturated heterocycles. The number of benzene rings is 3. The normalized spacial score (nSPS) is 11.3. The standard InChI is InChI=1S/C24H21N3O6/c25-23(29)18-11-12-19(21(13-18)27(31)32)15-33-22(28)14-20(16-7-3-1-4-8-16)26-24(30)17-9-5-2-6-10-17/h1-13,20H,14-15H2,(H2,25,29)(H,26,30). The molecule has 0 aliphatic rings. The Morgan fingerprint density at radius 1 is 0.939 bits per heavy atom. The number of ether oxygens (including phenoxy) is 1. The van der Waals surface area contributed by atoms with Gasteiger partial charge in [-0.3, -0.25) is 24.5 Å². The van der Waals surface area contributed by atoms with Gasteiger partial charge in [-0.05, 0) is 29.8 Å². The van der Waals surface area contributed by atoms with E-state index in [0.29, 0.717) is 11.1 Å². The number of amides is 2. The van der Waals surface area contributed by atoms with Crippen molar-refractivity contribution >= 4 is 23.5 Å². The van der Waals surface area contributed by atoms with E-state index in [-0.39, 0.29) is 35.7 Å². The SMILES string of the molecule is NC(=O)c1ccc(COC(=O)CC(NC(=O)c2ccccc2)c2ccccc2)c([N+](=O)[O-])c1. The van der Waals surface area contributed by atoms with Gasteiger partial charge in [-0.25, -0.2) is 0 Å². The number of nitro groups is 1. The molecule has 0 saturated carbocycles. The molecule has 3 rings (SSSR count). The zero-order valence-corrected chi connectivity index (χ0v) is 17.5. The molecule has 9 heteroatoms. The van der Waals surface area contributed by atoms with Gasteiger partial charge in [0.15, 0.2) is 0 Å². The Labute approximate surface area is 189 Å². The lowest BCUT2D eigenvalue weighted by Crippen LogP contribution is -2.30. The number of nitrogens with two attached hydrogens (primary N) is 1. The summed E-state index contributed by atoms with van der Waals surface area (Å²) in [6.07, 6.45) is -0.185. The third kappa shape index (κ3) is 6.23. The van der Waals surface area contributed by atoms with Crippen molar-refractivity contribution in [3.05, 3.63) is 111 Å². The molecule has 0 aromatic heterocycles. The summed E-state index contributed by atoms with van der Waals surface area (Å²) in [6, 6.07) is 20.5. The first-order chi connectivity index (χ1) is 15.8. The van der Waals surface area contributed by atoms with Crippen LogP contribution in [-0.4, -0.2) is 22.7 Å². The van der Waals surface area contributed by atoms with Crippen LogP contribution in [0.2, 0.25) is 0 Å². The maximum absolute atomic E-state index is 12.6. The van der Waals surface area contributed by atoms with Crippen molar-refractivity contribution in [3.8, 4) is 0 Å². The summed E-state index contributed by atoms with van der Waals surface area (Å²) in [7, 11) is 0. The van der Waals surface area contributed by atoms with E-state index in [4.69, 9.17) is 10.5 Å². The molecule has 2 amide bonds. The molecule has 0 spiro atoms. The summed E-state index contributed by atoms with van der Waals surface area (Å²) in [6.45, 7) is -0.373. The highest BCUT2D eigenvalue weighted by Crippen LogP contribution is 2.23. The first-order valence-electron chi connectivity index (χ1n) is 9.98. The second-order valence-corrected chi connectivity index (χ2v) is 7.13. The molecule has 9 nitrogen and oxygen atoms in total. The Morgan fingerprint density at radius 3 is 2.18 bits per heavy atom. The second kappa shape index (κ2) is 10.7. The minimum absolute atomic E-state index is 0.0236. The van der Waals surface area contributed by atoms with Crippen LogP contribution in [0.25, 0.3) is 0 Å². The molecule has 0 aliphatic carbocycles. The Morgan fingerprint density at radius 2 is 1.58 bits per heavy atom. The Balaban J connectivity index is 1.72. The van der Waals surface area contributed by atoms with E-state index in [9.17, 15) is 24.5 Å². The highest BCUT2D eigenvalue weighted by atomic mass is 16.6. The summed E-state index contributed by atoms with van der Waals surface area (Å²) in [5, 5.41) is 14.2. The molecule has 33 heavy (non-hydrogen) atoms. The van der Waals surface area contributed by atoms with Gasteiger partial charge in [0.1, 0.15) is 6.61 Å². The van der Waals surface area contributed by atoms with Crippen LogP contribution in [0.5, 0.6) is 0 Å². The fourth-order valence-corrected chi connectivity index (χ4v) is 3.16. The number of nitro benzene ring substituents is 1. The number of primary amides is 1. The quantitative estimate of drug-likeness (QED) is 0.293. The fraction of sp³-hybridized carbons (Fsp3) is 0.125. The van der Waals surface area contributed by atoms with Crippen molar-refractivity contribution in [2.45, 2.75) is 19.1 Å². The second-order valence-electron chi connectivity index (χ2n) is 7.13. The average Bonchev–Trinajstić information content (AvgIpc) is 2.83. The average molecular weight is 447 g/mol. The molecule has 0 radical (unpaired) electrons. The minimum atomic E-state index is -0.804. The van der Waals surface area contributed by atoms with Gasteiger partial charge in [0.05, 0.1) is 22.9 Å². The first-order valence-corrected chi connectivity index (χ1v) is 9.98.